The number of hydrogen-bond acceptors (Lipinski definition) is 6. The smallest absolute Gasteiger partial charge is 0.244 e. The number of aromatic nitrogens is 1. The summed E-state index contributed by atoms with van der Waals surface area (Å²) in [7, 11) is -1.98. The van der Waals surface area contributed by atoms with Crippen LogP contribution in [0.25, 0.3) is 0 Å². The van der Waals surface area contributed by atoms with E-state index < -0.39 is 10.0 Å². The van der Waals surface area contributed by atoms with E-state index in [0.29, 0.717) is 29.6 Å². The van der Waals surface area contributed by atoms with Gasteiger partial charge < -0.3 is 10.1 Å². The topological polar surface area (TPSA) is 88.6 Å². The van der Waals surface area contributed by atoms with Gasteiger partial charge in [0.2, 0.25) is 15.9 Å². The molecule has 1 N–H and O–H groups in total. The number of ether oxygens (including phenoxy) is 1. The molecule has 0 aliphatic rings. The number of pyridine rings is 1. The number of sulfonamides is 1. The molecule has 0 atom stereocenters. The van der Waals surface area contributed by atoms with Gasteiger partial charge in [-0.1, -0.05) is 31.7 Å². The van der Waals surface area contributed by atoms with Crippen LogP contribution in [-0.2, 0) is 14.8 Å². The SMILES string of the molecule is CCN(CC)S(=O)(=O)c1ccc(SCC(=O)Nc2cc(C)ccc2OC)nc1. The molecule has 2 rings (SSSR count). The molecule has 1 aromatic carbocycles. The molecule has 1 aromatic heterocycles. The van der Waals surface area contributed by atoms with Crippen molar-refractivity contribution in [1.29, 1.82) is 0 Å². The number of carbonyl (C=O) groups is 1. The summed E-state index contributed by atoms with van der Waals surface area (Å²) in [6.45, 7) is 6.32. The molecule has 28 heavy (non-hydrogen) atoms. The summed E-state index contributed by atoms with van der Waals surface area (Å²) in [4.78, 5) is 16.6. The van der Waals surface area contributed by atoms with Gasteiger partial charge in [0.05, 0.1) is 23.6 Å². The van der Waals surface area contributed by atoms with Crippen LogP contribution in [0.2, 0.25) is 0 Å². The lowest BCUT2D eigenvalue weighted by atomic mass is 10.2. The number of hydrogen-bond donors (Lipinski definition) is 1. The van der Waals surface area contributed by atoms with Crippen LogP contribution in [0.4, 0.5) is 5.69 Å². The van der Waals surface area contributed by atoms with Crippen LogP contribution in [0.15, 0.2) is 46.5 Å². The molecule has 0 fully saturated rings. The van der Waals surface area contributed by atoms with Crippen LogP contribution in [0.1, 0.15) is 19.4 Å². The predicted molar refractivity (Wildman–Crippen MR) is 111 cm³/mol. The highest BCUT2D eigenvalue weighted by molar-refractivity contribution is 7.99. The molecule has 0 aliphatic heterocycles. The second-order valence-corrected chi connectivity index (χ2v) is 8.90. The van der Waals surface area contributed by atoms with E-state index in [0.717, 1.165) is 5.56 Å². The summed E-state index contributed by atoms with van der Waals surface area (Å²) in [5.41, 5.74) is 1.62. The fourth-order valence-electron chi connectivity index (χ4n) is 2.56. The number of nitrogens with one attached hydrogen (secondary N) is 1. The van der Waals surface area contributed by atoms with E-state index in [9.17, 15) is 13.2 Å². The van der Waals surface area contributed by atoms with Crippen LogP contribution in [-0.4, -0.2) is 49.6 Å². The zero-order chi connectivity index (χ0) is 20.7. The minimum atomic E-state index is -3.53. The highest BCUT2D eigenvalue weighted by Crippen LogP contribution is 2.26. The van der Waals surface area contributed by atoms with E-state index >= 15 is 0 Å². The first kappa shape index (κ1) is 22.2. The molecule has 2 aromatic rings. The lowest BCUT2D eigenvalue weighted by Crippen LogP contribution is -2.30. The van der Waals surface area contributed by atoms with Crippen LogP contribution in [0.3, 0.4) is 0 Å². The first-order chi connectivity index (χ1) is 13.3. The summed E-state index contributed by atoms with van der Waals surface area (Å²) in [6, 6.07) is 8.67. The fourth-order valence-corrected chi connectivity index (χ4v) is 4.61. The van der Waals surface area contributed by atoms with Crippen molar-refractivity contribution in [3.05, 3.63) is 42.1 Å². The van der Waals surface area contributed by atoms with Gasteiger partial charge in [-0.25, -0.2) is 13.4 Å². The Labute approximate surface area is 170 Å². The molecule has 0 radical (unpaired) electrons. The molecule has 0 aliphatic carbocycles. The Kier molecular flexibility index (Phi) is 7.85. The van der Waals surface area contributed by atoms with Crippen LogP contribution >= 0.6 is 11.8 Å². The number of thioether (sulfide) groups is 1. The molecule has 0 bridgehead atoms. The number of amides is 1. The quantitative estimate of drug-likeness (QED) is 0.623. The molecular weight excluding hydrogens is 398 g/mol. The predicted octanol–water partition coefficient (Wildman–Crippen LogP) is 3.16. The van der Waals surface area contributed by atoms with Crippen molar-refractivity contribution >= 4 is 33.4 Å². The first-order valence-corrected chi connectivity index (χ1v) is 11.3. The van der Waals surface area contributed by atoms with Gasteiger partial charge >= 0.3 is 0 Å². The Morgan fingerprint density at radius 3 is 2.50 bits per heavy atom. The van der Waals surface area contributed by atoms with Crippen molar-refractivity contribution in [3.8, 4) is 5.75 Å². The van der Waals surface area contributed by atoms with Crippen LogP contribution in [0, 0.1) is 6.92 Å². The summed E-state index contributed by atoms with van der Waals surface area (Å²) in [6.07, 6.45) is 1.33. The molecule has 0 saturated carbocycles. The van der Waals surface area contributed by atoms with Gasteiger partial charge in [-0.15, -0.1) is 0 Å². The van der Waals surface area contributed by atoms with E-state index in [2.05, 4.69) is 10.3 Å². The van der Waals surface area contributed by atoms with Crippen molar-refractivity contribution in [2.24, 2.45) is 0 Å². The Balaban J connectivity index is 2.00. The Morgan fingerprint density at radius 1 is 1.21 bits per heavy atom. The lowest BCUT2D eigenvalue weighted by Gasteiger charge is -2.18. The highest BCUT2D eigenvalue weighted by Gasteiger charge is 2.21. The minimum absolute atomic E-state index is 0.145. The van der Waals surface area contributed by atoms with Gasteiger partial charge in [0.15, 0.2) is 0 Å². The molecule has 1 heterocycles. The molecule has 0 spiro atoms. The number of nitrogens with zero attached hydrogens (tertiary/aromatic N) is 2. The second kappa shape index (κ2) is 9.90. The third-order valence-electron chi connectivity index (χ3n) is 4.03. The molecule has 152 valence electrons. The minimum Gasteiger partial charge on any atom is -0.495 e. The standard InChI is InChI=1S/C19H25N3O4S2/c1-5-22(6-2)28(24,25)15-8-10-19(20-12-15)27-13-18(23)21-16-11-14(3)7-9-17(16)26-4/h7-12H,5-6,13H2,1-4H3,(H,21,23). The van der Waals surface area contributed by atoms with Crippen molar-refractivity contribution in [3.63, 3.8) is 0 Å². The van der Waals surface area contributed by atoms with Crippen molar-refractivity contribution < 1.29 is 17.9 Å². The monoisotopic (exact) mass is 423 g/mol. The van der Waals surface area contributed by atoms with Crippen molar-refractivity contribution in [2.75, 3.05) is 31.3 Å². The van der Waals surface area contributed by atoms with Gasteiger partial charge in [-0.3, -0.25) is 4.79 Å². The first-order valence-electron chi connectivity index (χ1n) is 8.85. The third kappa shape index (κ3) is 5.46. The van der Waals surface area contributed by atoms with Gasteiger partial charge in [0, 0.05) is 19.3 Å². The van der Waals surface area contributed by atoms with E-state index in [-0.39, 0.29) is 16.6 Å². The number of benzene rings is 1. The molecule has 0 unspecified atom stereocenters. The van der Waals surface area contributed by atoms with E-state index in [1.807, 2.05) is 19.1 Å². The Hall–Kier alpha value is -2.10. The number of rotatable bonds is 9. The van der Waals surface area contributed by atoms with Crippen LogP contribution in [0.5, 0.6) is 5.75 Å². The van der Waals surface area contributed by atoms with E-state index in [4.69, 9.17) is 4.74 Å². The zero-order valence-electron chi connectivity index (χ0n) is 16.4. The molecule has 0 saturated heterocycles. The Bertz CT molecular complexity index is 911. The highest BCUT2D eigenvalue weighted by atomic mass is 32.2. The fraction of sp³-hybridized carbons (Fsp3) is 0.368. The van der Waals surface area contributed by atoms with Gasteiger partial charge in [0.1, 0.15) is 10.6 Å². The van der Waals surface area contributed by atoms with Crippen molar-refractivity contribution in [1.82, 2.24) is 9.29 Å². The maximum atomic E-state index is 12.5. The number of methoxy groups -OCH3 is 1. The summed E-state index contributed by atoms with van der Waals surface area (Å²) < 4.78 is 31.6. The summed E-state index contributed by atoms with van der Waals surface area (Å²) in [5, 5.41) is 3.40. The van der Waals surface area contributed by atoms with Crippen LogP contribution < -0.4 is 10.1 Å². The number of carbonyl (C=O) groups excluding carboxylic acids is 1. The van der Waals surface area contributed by atoms with E-state index in [1.165, 1.54) is 28.3 Å². The average Bonchev–Trinajstić information content (AvgIpc) is 2.67. The maximum Gasteiger partial charge on any atom is 0.244 e. The summed E-state index contributed by atoms with van der Waals surface area (Å²) >= 11 is 1.23. The Morgan fingerprint density at radius 2 is 1.93 bits per heavy atom. The van der Waals surface area contributed by atoms with Gasteiger partial charge in [-0.05, 0) is 36.8 Å². The van der Waals surface area contributed by atoms with Gasteiger partial charge in [-0.2, -0.15) is 4.31 Å². The molecule has 1 amide bonds. The largest absolute Gasteiger partial charge is 0.495 e. The van der Waals surface area contributed by atoms with Crippen molar-refractivity contribution in [2.45, 2.75) is 30.7 Å². The molecule has 9 heteroatoms. The maximum absolute atomic E-state index is 12.5. The lowest BCUT2D eigenvalue weighted by molar-refractivity contribution is -0.113. The molecular formula is C19H25N3O4S2. The van der Waals surface area contributed by atoms with Gasteiger partial charge in [0.25, 0.3) is 0 Å². The average molecular weight is 424 g/mol. The third-order valence-corrected chi connectivity index (χ3v) is 7.01. The number of aryl methyl sites for hydroxylation is 1. The normalized spacial score (nSPS) is 11.5. The summed E-state index contributed by atoms with van der Waals surface area (Å²) in [5.74, 6) is 0.537. The molecule has 7 nitrogen and oxygen atoms in total. The van der Waals surface area contributed by atoms with E-state index in [1.54, 1.807) is 33.1 Å². The second-order valence-electron chi connectivity index (χ2n) is 5.96. The zero-order valence-corrected chi connectivity index (χ0v) is 18.1. The number of anilines is 1.